The molecule has 5 nitrogen and oxygen atoms in total. The lowest BCUT2D eigenvalue weighted by Crippen LogP contribution is -1.98. The minimum Gasteiger partial charge on any atom is -0.447 e. The van der Waals surface area contributed by atoms with E-state index in [9.17, 15) is 19.6 Å². The molecule has 0 aromatic heterocycles. The maximum atomic E-state index is 13.7. The van der Waals surface area contributed by atoms with Gasteiger partial charge in [0, 0.05) is 16.1 Å². The second-order valence-corrected chi connectivity index (χ2v) is 4.77. The number of nitrogens with zero attached hydrogens (tertiary/aromatic N) is 1. The third-order valence-corrected chi connectivity index (χ3v) is 3.05. The number of aliphatic hydroxyl groups is 1. The Hall–Kier alpha value is -1.99. The van der Waals surface area contributed by atoms with Crippen molar-refractivity contribution < 1.29 is 19.2 Å². The third kappa shape index (κ3) is 2.94. The second kappa shape index (κ2) is 5.98. The van der Waals surface area contributed by atoms with Crippen LogP contribution in [-0.2, 0) is 6.61 Å². The Labute approximate surface area is 121 Å². The van der Waals surface area contributed by atoms with E-state index in [-0.39, 0.29) is 12.4 Å². The monoisotopic (exact) mass is 341 g/mol. The minimum absolute atomic E-state index is 0.148. The number of aliphatic hydroxyl groups excluding tert-OH is 1. The number of hydrogen-bond acceptors (Lipinski definition) is 4. The molecule has 0 atom stereocenters. The van der Waals surface area contributed by atoms with Gasteiger partial charge in [0.15, 0.2) is 5.82 Å². The van der Waals surface area contributed by atoms with Gasteiger partial charge in [0.1, 0.15) is 5.75 Å². The lowest BCUT2D eigenvalue weighted by Gasteiger charge is -2.11. The van der Waals surface area contributed by atoms with Crippen LogP contribution in [0.2, 0.25) is 0 Å². The number of halogens is 2. The first-order valence-electron chi connectivity index (χ1n) is 5.53. The van der Waals surface area contributed by atoms with Crippen molar-refractivity contribution in [1.29, 1.82) is 0 Å². The minimum atomic E-state index is -0.844. The molecular formula is C13H9BrFNO4. The number of hydrogen-bond donors (Lipinski definition) is 1. The van der Waals surface area contributed by atoms with Crippen molar-refractivity contribution in [2.45, 2.75) is 6.61 Å². The van der Waals surface area contributed by atoms with Crippen LogP contribution in [0.3, 0.4) is 0 Å². The van der Waals surface area contributed by atoms with Gasteiger partial charge in [0.05, 0.1) is 11.5 Å². The molecule has 2 rings (SSSR count). The van der Waals surface area contributed by atoms with E-state index in [1.54, 1.807) is 12.1 Å². The first kappa shape index (κ1) is 14.4. The van der Waals surface area contributed by atoms with Crippen LogP contribution in [0.25, 0.3) is 0 Å². The van der Waals surface area contributed by atoms with E-state index in [4.69, 9.17) is 4.74 Å². The van der Waals surface area contributed by atoms with Gasteiger partial charge in [0.25, 0.3) is 0 Å². The molecule has 0 aliphatic rings. The molecule has 0 saturated carbocycles. The predicted octanol–water partition coefficient (Wildman–Crippen LogP) is 3.78. The van der Waals surface area contributed by atoms with Crippen LogP contribution in [0.15, 0.2) is 40.9 Å². The maximum absolute atomic E-state index is 13.7. The summed E-state index contributed by atoms with van der Waals surface area (Å²) in [7, 11) is 0. The highest BCUT2D eigenvalue weighted by Crippen LogP contribution is 2.36. The van der Waals surface area contributed by atoms with E-state index in [1.165, 1.54) is 12.1 Å². The Morgan fingerprint density at radius 1 is 1.35 bits per heavy atom. The van der Waals surface area contributed by atoms with Gasteiger partial charge < -0.3 is 9.84 Å². The van der Waals surface area contributed by atoms with Crippen LogP contribution in [0.1, 0.15) is 5.56 Å². The summed E-state index contributed by atoms with van der Waals surface area (Å²) in [6.07, 6.45) is 0. The maximum Gasteiger partial charge on any atom is 0.314 e. The molecule has 0 radical (unpaired) electrons. The Morgan fingerprint density at radius 3 is 2.75 bits per heavy atom. The largest absolute Gasteiger partial charge is 0.447 e. The first-order chi connectivity index (χ1) is 9.52. The molecule has 104 valence electrons. The van der Waals surface area contributed by atoms with Crippen molar-refractivity contribution >= 4 is 21.6 Å². The fourth-order valence-electron chi connectivity index (χ4n) is 1.61. The normalized spacial score (nSPS) is 10.3. The summed E-state index contributed by atoms with van der Waals surface area (Å²) in [5.74, 6) is -1.18. The van der Waals surface area contributed by atoms with Gasteiger partial charge in [-0.1, -0.05) is 28.1 Å². The molecule has 0 aliphatic carbocycles. The number of nitro benzene ring substituents is 1. The zero-order valence-corrected chi connectivity index (χ0v) is 11.6. The molecule has 7 heteroatoms. The van der Waals surface area contributed by atoms with Gasteiger partial charge in [-0.25, -0.2) is 4.39 Å². The van der Waals surface area contributed by atoms with E-state index in [0.29, 0.717) is 10.0 Å². The highest BCUT2D eigenvalue weighted by atomic mass is 79.9. The molecule has 1 N–H and O–H groups in total. The predicted molar refractivity (Wildman–Crippen MR) is 73.2 cm³/mol. The summed E-state index contributed by atoms with van der Waals surface area (Å²) >= 11 is 3.22. The number of ether oxygens (including phenoxy) is 1. The summed E-state index contributed by atoms with van der Waals surface area (Å²) in [5.41, 5.74) is -0.0837. The molecule has 2 aromatic carbocycles. The number of rotatable bonds is 4. The number of benzene rings is 2. The molecule has 0 amide bonds. The fraction of sp³-hybridized carbons (Fsp3) is 0.0769. The van der Waals surface area contributed by atoms with Crippen molar-refractivity contribution in [3.05, 3.63) is 62.4 Å². The molecule has 0 aliphatic heterocycles. The summed E-state index contributed by atoms with van der Waals surface area (Å²) in [6, 6.07) is 8.20. The van der Waals surface area contributed by atoms with Gasteiger partial charge in [0.2, 0.25) is 5.75 Å². The van der Waals surface area contributed by atoms with E-state index in [0.717, 1.165) is 12.1 Å². The average molecular weight is 342 g/mol. The molecule has 20 heavy (non-hydrogen) atoms. The van der Waals surface area contributed by atoms with E-state index in [2.05, 4.69) is 15.9 Å². The van der Waals surface area contributed by atoms with E-state index >= 15 is 0 Å². The molecule has 0 heterocycles. The molecule has 0 bridgehead atoms. The van der Waals surface area contributed by atoms with Gasteiger partial charge in [-0.2, -0.15) is 0 Å². The van der Waals surface area contributed by atoms with Crippen LogP contribution >= 0.6 is 15.9 Å². The number of nitro groups is 1. The van der Waals surface area contributed by atoms with Gasteiger partial charge >= 0.3 is 5.69 Å². The van der Waals surface area contributed by atoms with Crippen molar-refractivity contribution in [1.82, 2.24) is 0 Å². The topological polar surface area (TPSA) is 72.6 Å². The molecule has 0 saturated heterocycles. The molecule has 2 aromatic rings. The van der Waals surface area contributed by atoms with Crippen molar-refractivity contribution in [3.8, 4) is 11.5 Å². The highest BCUT2D eigenvalue weighted by molar-refractivity contribution is 9.10. The van der Waals surface area contributed by atoms with Crippen molar-refractivity contribution in [2.24, 2.45) is 0 Å². The number of para-hydroxylation sites is 1. The van der Waals surface area contributed by atoms with Gasteiger partial charge in [-0.3, -0.25) is 10.1 Å². The Kier molecular flexibility index (Phi) is 4.31. The lowest BCUT2D eigenvalue weighted by atomic mass is 10.2. The lowest BCUT2D eigenvalue weighted by molar-refractivity contribution is -0.385. The van der Waals surface area contributed by atoms with Gasteiger partial charge in [-0.15, -0.1) is 0 Å². The van der Waals surface area contributed by atoms with Crippen LogP contribution in [0, 0.1) is 15.9 Å². The molecular weight excluding hydrogens is 333 g/mol. The fourth-order valence-corrected chi connectivity index (χ4v) is 1.95. The second-order valence-electron chi connectivity index (χ2n) is 3.86. The quantitative estimate of drug-likeness (QED) is 0.678. The van der Waals surface area contributed by atoms with Gasteiger partial charge in [-0.05, 0) is 18.2 Å². The molecule has 0 spiro atoms. The van der Waals surface area contributed by atoms with E-state index in [1.807, 2.05) is 0 Å². The zero-order valence-electron chi connectivity index (χ0n) is 10.0. The first-order valence-corrected chi connectivity index (χ1v) is 6.32. The zero-order chi connectivity index (χ0) is 14.7. The summed E-state index contributed by atoms with van der Waals surface area (Å²) < 4.78 is 19.7. The average Bonchev–Trinajstić information content (AvgIpc) is 2.41. The van der Waals surface area contributed by atoms with Crippen LogP contribution in [-0.4, -0.2) is 10.0 Å². The molecule has 0 fully saturated rings. The van der Waals surface area contributed by atoms with Crippen molar-refractivity contribution in [2.75, 3.05) is 0 Å². The SMILES string of the molecule is O=[N+]([O-])c1cccc(F)c1Oc1cc(Br)ccc1CO. The van der Waals surface area contributed by atoms with E-state index < -0.39 is 22.2 Å². The third-order valence-electron chi connectivity index (χ3n) is 2.55. The summed E-state index contributed by atoms with van der Waals surface area (Å²) in [6.45, 7) is -0.329. The van der Waals surface area contributed by atoms with Crippen LogP contribution in [0.4, 0.5) is 10.1 Å². The Morgan fingerprint density at radius 2 is 2.10 bits per heavy atom. The summed E-state index contributed by atoms with van der Waals surface area (Å²) in [5, 5.41) is 20.1. The summed E-state index contributed by atoms with van der Waals surface area (Å²) in [4.78, 5) is 10.2. The van der Waals surface area contributed by atoms with Crippen LogP contribution < -0.4 is 4.74 Å². The highest BCUT2D eigenvalue weighted by Gasteiger charge is 2.21. The van der Waals surface area contributed by atoms with Crippen LogP contribution in [0.5, 0.6) is 11.5 Å². The Bertz CT molecular complexity index is 663. The Balaban J connectivity index is 2.50. The smallest absolute Gasteiger partial charge is 0.314 e. The molecule has 0 unspecified atom stereocenters. The standard InChI is InChI=1S/C13H9BrFNO4/c14-9-5-4-8(7-17)12(6-9)20-13-10(15)2-1-3-11(13)16(18)19/h1-6,17H,7H2. The van der Waals surface area contributed by atoms with Crippen molar-refractivity contribution in [3.63, 3.8) is 0 Å².